The van der Waals surface area contributed by atoms with E-state index in [0.717, 1.165) is 16.7 Å². The quantitative estimate of drug-likeness (QED) is 0.605. The highest BCUT2D eigenvalue weighted by Gasteiger charge is 2.37. The predicted molar refractivity (Wildman–Crippen MR) is 123 cm³/mol. The van der Waals surface area contributed by atoms with Crippen molar-refractivity contribution >= 4 is 17.6 Å². The number of hydrogen-bond donors (Lipinski definition) is 1. The van der Waals surface area contributed by atoms with Crippen LogP contribution in [0.5, 0.6) is 0 Å². The zero-order chi connectivity index (χ0) is 21.6. The van der Waals surface area contributed by atoms with E-state index in [9.17, 15) is 4.79 Å². The van der Waals surface area contributed by atoms with Crippen molar-refractivity contribution in [2.75, 3.05) is 6.61 Å². The molecule has 31 heavy (non-hydrogen) atoms. The number of nitrogens with zero attached hydrogens (tertiary/aromatic N) is 2. The summed E-state index contributed by atoms with van der Waals surface area (Å²) in [6, 6.07) is 29.1. The largest absolute Gasteiger partial charge is 0.463 e. The Morgan fingerprint density at radius 2 is 1.52 bits per heavy atom. The van der Waals surface area contributed by atoms with Crippen LogP contribution in [0.1, 0.15) is 29.7 Å². The van der Waals surface area contributed by atoms with E-state index in [1.165, 1.54) is 0 Å². The van der Waals surface area contributed by atoms with Gasteiger partial charge >= 0.3 is 5.97 Å². The molecule has 0 aliphatic carbocycles. The molecule has 1 atom stereocenters. The zero-order valence-electron chi connectivity index (χ0n) is 17.4. The second-order valence-electron chi connectivity index (χ2n) is 7.25. The molecule has 3 aromatic carbocycles. The molecule has 0 radical (unpaired) electrons. The van der Waals surface area contributed by atoms with Crippen molar-refractivity contribution in [3.8, 4) is 0 Å². The van der Waals surface area contributed by atoms with E-state index in [-0.39, 0.29) is 12.6 Å². The third kappa shape index (κ3) is 4.36. The van der Waals surface area contributed by atoms with E-state index in [2.05, 4.69) is 4.99 Å². The Bertz CT molecular complexity index is 1090. The molecule has 0 aromatic heterocycles. The average molecular weight is 412 g/mol. The molecule has 5 nitrogen and oxygen atoms in total. The maximum absolute atomic E-state index is 13.3. The number of aliphatic imine (C=N–C) groups is 1. The lowest BCUT2D eigenvalue weighted by atomic mass is 9.91. The molecule has 0 fully saturated rings. The minimum absolute atomic E-state index is 0.282. The Kier molecular flexibility index (Phi) is 6.13. The topological polar surface area (TPSA) is 67.9 Å². The van der Waals surface area contributed by atoms with Crippen LogP contribution in [0.3, 0.4) is 0 Å². The molecule has 0 saturated carbocycles. The van der Waals surface area contributed by atoms with Crippen LogP contribution in [0.2, 0.25) is 0 Å². The molecular formula is C26H25N3O2. The van der Waals surface area contributed by atoms with Gasteiger partial charge < -0.3 is 15.4 Å². The summed E-state index contributed by atoms with van der Waals surface area (Å²) in [6.45, 7) is 2.60. The zero-order valence-corrected chi connectivity index (χ0v) is 17.4. The van der Waals surface area contributed by atoms with E-state index in [0.29, 0.717) is 23.8 Å². The summed E-state index contributed by atoms with van der Waals surface area (Å²) in [7, 11) is 0. The van der Waals surface area contributed by atoms with Crippen LogP contribution in [0, 0.1) is 0 Å². The van der Waals surface area contributed by atoms with Gasteiger partial charge in [0.25, 0.3) is 0 Å². The number of carbonyl (C=O) groups is 1. The van der Waals surface area contributed by atoms with Gasteiger partial charge in [-0.25, -0.2) is 9.79 Å². The van der Waals surface area contributed by atoms with Gasteiger partial charge in [0.2, 0.25) is 0 Å². The van der Waals surface area contributed by atoms with Gasteiger partial charge in [-0.2, -0.15) is 0 Å². The number of nitrogens with two attached hydrogens (primary N) is 1. The lowest BCUT2D eigenvalue weighted by molar-refractivity contribution is -0.139. The van der Waals surface area contributed by atoms with Crippen molar-refractivity contribution in [2.45, 2.75) is 19.5 Å². The molecule has 0 saturated heterocycles. The van der Waals surface area contributed by atoms with Crippen LogP contribution >= 0.6 is 0 Å². The summed E-state index contributed by atoms with van der Waals surface area (Å²) < 4.78 is 5.49. The number of hydrogen-bond acceptors (Lipinski definition) is 5. The van der Waals surface area contributed by atoms with Crippen molar-refractivity contribution in [1.29, 1.82) is 0 Å². The molecular weight excluding hydrogens is 386 g/mol. The molecule has 156 valence electrons. The molecule has 1 unspecified atom stereocenters. The lowest BCUT2D eigenvalue weighted by Crippen LogP contribution is -2.44. The normalized spacial score (nSPS) is 16.1. The first kappa shape index (κ1) is 20.4. The molecule has 1 aliphatic heterocycles. The summed E-state index contributed by atoms with van der Waals surface area (Å²) in [4.78, 5) is 19.9. The fourth-order valence-electron chi connectivity index (χ4n) is 3.82. The van der Waals surface area contributed by atoms with Crippen molar-refractivity contribution < 1.29 is 9.53 Å². The molecule has 1 aliphatic rings. The maximum atomic E-state index is 13.3. The summed E-state index contributed by atoms with van der Waals surface area (Å²) >= 11 is 0. The van der Waals surface area contributed by atoms with Crippen LogP contribution in [-0.4, -0.2) is 23.4 Å². The molecule has 0 amide bonds. The Labute approximate surface area is 182 Å². The van der Waals surface area contributed by atoms with Crippen molar-refractivity contribution in [2.24, 2.45) is 10.7 Å². The standard InChI is InChI=1S/C26H25N3O2/c1-2-31-25(30)22-23(20-14-8-4-9-15-20)28-26(27)29(18-19-12-6-3-7-13-19)24(22)21-16-10-5-11-17-21/h3-17,24H,2,18H2,1H3,(H2,27,28). The first-order valence-corrected chi connectivity index (χ1v) is 10.4. The number of ether oxygens (including phenoxy) is 1. The van der Waals surface area contributed by atoms with E-state index in [1.54, 1.807) is 6.92 Å². The summed E-state index contributed by atoms with van der Waals surface area (Å²) in [6.07, 6.45) is 0. The highest BCUT2D eigenvalue weighted by Crippen LogP contribution is 2.39. The van der Waals surface area contributed by atoms with Gasteiger partial charge in [0, 0.05) is 12.1 Å². The number of rotatable bonds is 6. The molecule has 1 heterocycles. The minimum atomic E-state index is -0.423. The highest BCUT2D eigenvalue weighted by molar-refractivity contribution is 6.03. The van der Waals surface area contributed by atoms with Gasteiger partial charge in [0.15, 0.2) is 5.96 Å². The van der Waals surface area contributed by atoms with E-state index >= 15 is 0 Å². The monoisotopic (exact) mass is 411 g/mol. The molecule has 0 spiro atoms. The highest BCUT2D eigenvalue weighted by atomic mass is 16.5. The first-order valence-electron chi connectivity index (χ1n) is 10.4. The summed E-state index contributed by atoms with van der Waals surface area (Å²) in [5.74, 6) is -0.0193. The first-order chi connectivity index (χ1) is 15.2. The number of guanidine groups is 1. The van der Waals surface area contributed by atoms with Crippen LogP contribution in [0.4, 0.5) is 0 Å². The van der Waals surface area contributed by atoms with Gasteiger partial charge in [0.05, 0.1) is 23.9 Å². The van der Waals surface area contributed by atoms with Crippen molar-refractivity contribution in [3.63, 3.8) is 0 Å². The molecule has 3 aromatic rings. The molecule has 5 heteroatoms. The summed E-state index contributed by atoms with van der Waals surface area (Å²) in [5, 5.41) is 0. The predicted octanol–water partition coefficient (Wildman–Crippen LogP) is 4.53. The number of benzene rings is 3. The SMILES string of the molecule is CCOC(=O)C1=C(c2ccccc2)N=C(N)N(Cc2ccccc2)C1c1ccccc1. The van der Waals surface area contributed by atoms with Gasteiger partial charge in [-0.05, 0) is 18.1 Å². The molecule has 4 rings (SSSR count). The van der Waals surface area contributed by atoms with Crippen molar-refractivity contribution in [1.82, 2.24) is 4.90 Å². The second-order valence-corrected chi connectivity index (χ2v) is 7.25. The van der Waals surface area contributed by atoms with E-state index in [1.807, 2.05) is 95.9 Å². The van der Waals surface area contributed by atoms with Crippen molar-refractivity contribution in [3.05, 3.63) is 113 Å². The Hall–Kier alpha value is -3.86. The van der Waals surface area contributed by atoms with Crippen LogP contribution < -0.4 is 5.73 Å². The fraction of sp³-hybridized carbons (Fsp3) is 0.154. The van der Waals surface area contributed by atoms with Gasteiger partial charge in [-0.1, -0.05) is 91.0 Å². The second kappa shape index (κ2) is 9.30. The third-order valence-corrected chi connectivity index (χ3v) is 5.21. The Morgan fingerprint density at radius 3 is 2.13 bits per heavy atom. The average Bonchev–Trinajstić information content (AvgIpc) is 2.82. The fourth-order valence-corrected chi connectivity index (χ4v) is 3.82. The number of carbonyl (C=O) groups excluding carboxylic acids is 1. The molecule has 0 bridgehead atoms. The maximum Gasteiger partial charge on any atom is 0.338 e. The Balaban J connectivity index is 1.91. The van der Waals surface area contributed by atoms with E-state index in [4.69, 9.17) is 10.5 Å². The van der Waals surface area contributed by atoms with Gasteiger partial charge in [-0.15, -0.1) is 0 Å². The van der Waals surface area contributed by atoms with Gasteiger partial charge in [-0.3, -0.25) is 0 Å². The smallest absolute Gasteiger partial charge is 0.338 e. The van der Waals surface area contributed by atoms with Gasteiger partial charge in [0.1, 0.15) is 0 Å². The van der Waals surface area contributed by atoms with E-state index < -0.39 is 6.04 Å². The van der Waals surface area contributed by atoms with Crippen LogP contribution in [0.15, 0.2) is 102 Å². The number of esters is 1. The summed E-state index contributed by atoms with van der Waals surface area (Å²) in [5.41, 5.74) is 10.4. The third-order valence-electron chi connectivity index (χ3n) is 5.21. The molecule has 2 N–H and O–H groups in total. The lowest BCUT2D eigenvalue weighted by Gasteiger charge is -2.37. The van der Waals surface area contributed by atoms with Crippen LogP contribution in [0.25, 0.3) is 5.70 Å². The Morgan fingerprint density at radius 1 is 0.935 bits per heavy atom. The van der Waals surface area contributed by atoms with Crippen LogP contribution in [-0.2, 0) is 16.1 Å². The minimum Gasteiger partial charge on any atom is -0.463 e.